The van der Waals surface area contributed by atoms with Gasteiger partial charge in [0.1, 0.15) is 30.5 Å². The number of ether oxygens (including phenoxy) is 3. The van der Waals surface area contributed by atoms with E-state index in [2.05, 4.69) is 25.2 Å². The number of hydrogen-bond donors (Lipinski definition) is 1. The van der Waals surface area contributed by atoms with Crippen molar-refractivity contribution in [3.63, 3.8) is 0 Å². The van der Waals surface area contributed by atoms with Gasteiger partial charge in [-0.15, -0.1) is 0 Å². The maximum absolute atomic E-state index is 5.95. The summed E-state index contributed by atoms with van der Waals surface area (Å²) in [6, 6.07) is 25.9. The average molecular weight is 392 g/mol. The van der Waals surface area contributed by atoms with Crippen LogP contribution < -0.4 is 19.5 Å². The van der Waals surface area contributed by atoms with Crippen molar-refractivity contribution >= 4 is 5.69 Å². The summed E-state index contributed by atoms with van der Waals surface area (Å²) in [6.45, 7) is 6.66. The van der Waals surface area contributed by atoms with Crippen LogP contribution in [0.2, 0.25) is 0 Å². The van der Waals surface area contributed by atoms with E-state index >= 15 is 0 Å². The molecule has 0 amide bonds. The van der Waals surface area contributed by atoms with Gasteiger partial charge in [-0.3, -0.25) is 0 Å². The lowest BCUT2D eigenvalue weighted by atomic mass is 10.2. The van der Waals surface area contributed by atoms with Gasteiger partial charge in [0, 0.05) is 23.9 Å². The van der Waals surface area contributed by atoms with Gasteiger partial charge >= 0.3 is 0 Å². The highest BCUT2D eigenvalue weighted by Crippen LogP contribution is 2.22. The second kappa shape index (κ2) is 11.0. The zero-order valence-corrected chi connectivity index (χ0v) is 17.1. The quantitative estimate of drug-likeness (QED) is 0.420. The van der Waals surface area contributed by atoms with Crippen LogP contribution in [0.25, 0.3) is 0 Å². The smallest absolute Gasteiger partial charge is 0.124 e. The average Bonchev–Trinajstić information content (AvgIpc) is 2.75. The molecule has 4 nitrogen and oxygen atoms in total. The minimum atomic E-state index is 0.491. The molecule has 0 atom stereocenters. The van der Waals surface area contributed by atoms with Gasteiger partial charge in [0.05, 0.1) is 6.61 Å². The first-order valence-electron chi connectivity index (χ1n) is 10.1. The molecule has 0 aromatic heterocycles. The van der Waals surface area contributed by atoms with E-state index in [1.807, 2.05) is 72.8 Å². The Bertz CT molecular complexity index is 865. The molecule has 0 fully saturated rings. The van der Waals surface area contributed by atoms with Crippen LogP contribution >= 0.6 is 0 Å². The fourth-order valence-corrected chi connectivity index (χ4v) is 2.77. The maximum Gasteiger partial charge on any atom is 0.124 e. The predicted octanol–water partition coefficient (Wildman–Crippen LogP) is 5.79. The lowest BCUT2D eigenvalue weighted by Gasteiger charge is -2.14. The highest BCUT2D eigenvalue weighted by atomic mass is 16.5. The molecule has 0 radical (unpaired) electrons. The topological polar surface area (TPSA) is 39.7 Å². The van der Waals surface area contributed by atoms with E-state index in [0.717, 1.165) is 28.5 Å². The molecule has 0 aliphatic carbocycles. The molecule has 0 saturated carbocycles. The molecule has 1 N–H and O–H groups in total. The van der Waals surface area contributed by atoms with E-state index in [0.29, 0.717) is 32.3 Å². The molecule has 0 saturated heterocycles. The summed E-state index contributed by atoms with van der Waals surface area (Å²) >= 11 is 0. The monoisotopic (exact) mass is 391 g/mol. The number of para-hydroxylation sites is 2. The standard InChI is InChI=1S/C25H29NO3/c1-20(2)19-29-24-13-8-10-22(17-24)26-18-21-9-6-7-14-25(21)28-16-15-27-23-11-4-3-5-12-23/h3-14,17,20,26H,15-16,18-19H2,1-2H3. The van der Waals surface area contributed by atoms with E-state index < -0.39 is 0 Å². The van der Waals surface area contributed by atoms with Crippen molar-refractivity contribution in [2.45, 2.75) is 20.4 Å². The Balaban J connectivity index is 1.50. The number of nitrogens with one attached hydrogen (secondary N) is 1. The summed E-state index contributed by atoms with van der Waals surface area (Å²) in [5, 5.41) is 3.45. The van der Waals surface area contributed by atoms with Gasteiger partial charge in [0.15, 0.2) is 0 Å². The summed E-state index contributed by atoms with van der Waals surface area (Å²) in [6.07, 6.45) is 0. The lowest BCUT2D eigenvalue weighted by molar-refractivity contribution is 0.216. The van der Waals surface area contributed by atoms with Crippen LogP contribution in [0.15, 0.2) is 78.9 Å². The Labute approximate surface area is 173 Å². The van der Waals surface area contributed by atoms with Gasteiger partial charge in [0.25, 0.3) is 0 Å². The molecule has 152 valence electrons. The van der Waals surface area contributed by atoms with E-state index in [1.54, 1.807) is 0 Å². The SMILES string of the molecule is CC(C)COc1cccc(NCc2ccccc2OCCOc2ccccc2)c1. The Hall–Kier alpha value is -3.14. The first-order chi connectivity index (χ1) is 14.2. The van der Waals surface area contributed by atoms with E-state index in [9.17, 15) is 0 Å². The van der Waals surface area contributed by atoms with Crippen molar-refractivity contribution in [2.75, 3.05) is 25.1 Å². The third kappa shape index (κ3) is 7.07. The van der Waals surface area contributed by atoms with Gasteiger partial charge < -0.3 is 19.5 Å². The van der Waals surface area contributed by atoms with Crippen LogP contribution in [0, 0.1) is 5.92 Å². The molecule has 29 heavy (non-hydrogen) atoms. The highest BCUT2D eigenvalue weighted by Gasteiger charge is 2.05. The van der Waals surface area contributed by atoms with Crippen molar-refractivity contribution in [3.8, 4) is 17.2 Å². The van der Waals surface area contributed by atoms with Crippen LogP contribution in [0.4, 0.5) is 5.69 Å². The molecule has 0 bridgehead atoms. The summed E-state index contributed by atoms with van der Waals surface area (Å²) in [4.78, 5) is 0. The normalized spacial score (nSPS) is 10.6. The van der Waals surface area contributed by atoms with Crippen molar-refractivity contribution in [2.24, 2.45) is 5.92 Å². The maximum atomic E-state index is 5.95. The summed E-state index contributed by atoms with van der Waals surface area (Å²) in [7, 11) is 0. The molecule has 0 spiro atoms. The Morgan fingerprint density at radius 2 is 1.45 bits per heavy atom. The number of hydrogen-bond acceptors (Lipinski definition) is 4. The van der Waals surface area contributed by atoms with Crippen LogP contribution in [0.3, 0.4) is 0 Å². The fourth-order valence-electron chi connectivity index (χ4n) is 2.77. The van der Waals surface area contributed by atoms with Gasteiger partial charge in [-0.05, 0) is 36.2 Å². The minimum Gasteiger partial charge on any atom is -0.493 e. The first kappa shape index (κ1) is 20.6. The number of benzene rings is 3. The van der Waals surface area contributed by atoms with Crippen molar-refractivity contribution in [1.29, 1.82) is 0 Å². The number of anilines is 1. The molecule has 0 aliphatic heterocycles. The summed E-state index contributed by atoms with van der Waals surface area (Å²) in [5.41, 5.74) is 2.12. The third-order valence-corrected chi connectivity index (χ3v) is 4.23. The lowest BCUT2D eigenvalue weighted by Crippen LogP contribution is -2.11. The third-order valence-electron chi connectivity index (χ3n) is 4.23. The van der Waals surface area contributed by atoms with Gasteiger partial charge in [-0.1, -0.05) is 56.3 Å². The van der Waals surface area contributed by atoms with Crippen molar-refractivity contribution in [3.05, 3.63) is 84.4 Å². The molecular weight excluding hydrogens is 362 g/mol. The minimum absolute atomic E-state index is 0.491. The van der Waals surface area contributed by atoms with Crippen LogP contribution in [0.1, 0.15) is 19.4 Å². The Morgan fingerprint density at radius 1 is 0.724 bits per heavy atom. The molecule has 0 heterocycles. The summed E-state index contributed by atoms with van der Waals surface area (Å²) in [5.74, 6) is 3.10. The van der Waals surface area contributed by atoms with Gasteiger partial charge in [-0.25, -0.2) is 0 Å². The Morgan fingerprint density at radius 3 is 2.28 bits per heavy atom. The zero-order chi connectivity index (χ0) is 20.3. The van der Waals surface area contributed by atoms with Crippen LogP contribution in [-0.2, 0) is 6.54 Å². The van der Waals surface area contributed by atoms with Crippen molar-refractivity contribution in [1.82, 2.24) is 0 Å². The zero-order valence-electron chi connectivity index (χ0n) is 17.1. The molecule has 3 aromatic rings. The molecule has 3 aromatic carbocycles. The second-order valence-electron chi connectivity index (χ2n) is 7.20. The summed E-state index contributed by atoms with van der Waals surface area (Å²) < 4.78 is 17.4. The Kier molecular flexibility index (Phi) is 7.81. The van der Waals surface area contributed by atoms with Gasteiger partial charge in [-0.2, -0.15) is 0 Å². The number of rotatable bonds is 11. The molecule has 0 unspecified atom stereocenters. The van der Waals surface area contributed by atoms with Crippen molar-refractivity contribution < 1.29 is 14.2 Å². The predicted molar refractivity (Wildman–Crippen MR) is 118 cm³/mol. The second-order valence-corrected chi connectivity index (χ2v) is 7.20. The van der Waals surface area contributed by atoms with Gasteiger partial charge in [0.2, 0.25) is 0 Å². The molecule has 0 aliphatic rings. The van der Waals surface area contributed by atoms with Crippen LogP contribution in [0.5, 0.6) is 17.2 Å². The molecular formula is C25H29NO3. The largest absolute Gasteiger partial charge is 0.493 e. The van der Waals surface area contributed by atoms with Crippen LogP contribution in [-0.4, -0.2) is 19.8 Å². The highest BCUT2D eigenvalue weighted by molar-refractivity contribution is 5.49. The molecule has 3 rings (SSSR count). The molecule has 4 heteroatoms. The fraction of sp³-hybridized carbons (Fsp3) is 0.280. The van der Waals surface area contributed by atoms with E-state index in [1.165, 1.54) is 0 Å². The first-order valence-corrected chi connectivity index (χ1v) is 10.1. The van der Waals surface area contributed by atoms with E-state index in [4.69, 9.17) is 14.2 Å². The van der Waals surface area contributed by atoms with E-state index in [-0.39, 0.29) is 0 Å².